The van der Waals surface area contributed by atoms with Gasteiger partial charge < -0.3 is 0 Å². The molecule has 1 aromatic rings. The van der Waals surface area contributed by atoms with Crippen molar-refractivity contribution in [2.24, 2.45) is 5.92 Å². The van der Waals surface area contributed by atoms with Gasteiger partial charge in [-0.1, -0.05) is 18.2 Å². The van der Waals surface area contributed by atoms with Crippen LogP contribution >= 0.6 is 11.6 Å². The number of rotatable bonds is 4. The summed E-state index contributed by atoms with van der Waals surface area (Å²) in [6.45, 7) is 0.556. The minimum Gasteiger partial charge on any atom is -0.207 e. The number of alkyl halides is 1. The molecule has 2 rings (SSSR count). The molecule has 0 aliphatic heterocycles. The predicted octanol–water partition coefficient (Wildman–Crippen LogP) is 2.32. The van der Waals surface area contributed by atoms with Gasteiger partial charge >= 0.3 is 0 Å². The normalized spacial score (nSPS) is 24.6. The van der Waals surface area contributed by atoms with E-state index in [0.717, 1.165) is 12.8 Å². The van der Waals surface area contributed by atoms with Crippen LogP contribution in [0.2, 0.25) is 0 Å². The largest absolute Gasteiger partial charge is 0.242 e. The van der Waals surface area contributed by atoms with Crippen molar-refractivity contribution < 1.29 is 8.42 Å². The highest BCUT2D eigenvalue weighted by molar-refractivity contribution is 7.89. The summed E-state index contributed by atoms with van der Waals surface area (Å²) in [5.41, 5.74) is 0. The molecule has 1 saturated carbocycles. The summed E-state index contributed by atoms with van der Waals surface area (Å²) in [5.74, 6) is 0.404. The van der Waals surface area contributed by atoms with Gasteiger partial charge in [0, 0.05) is 19.0 Å². The third-order valence-corrected chi connectivity index (χ3v) is 5.34. The zero-order valence-corrected chi connectivity index (χ0v) is 11.3. The fourth-order valence-corrected chi connectivity index (χ4v) is 3.81. The maximum Gasteiger partial charge on any atom is 0.242 e. The average molecular weight is 274 g/mol. The first-order chi connectivity index (χ1) is 8.00. The van der Waals surface area contributed by atoms with Crippen molar-refractivity contribution in [1.82, 2.24) is 4.31 Å². The van der Waals surface area contributed by atoms with Crippen LogP contribution in [0.4, 0.5) is 0 Å². The van der Waals surface area contributed by atoms with Crippen LogP contribution in [0, 0.1) is 5.92 Å². The van der Waals surface area contributed by atoms with E-state index in [1.54, 1.807) is 31.3 Å². The predicted molar refractivity (Wildman–Crippen MR) is 68.6 cm³/mol. The van der Waals surface area contributed by atoms with E-state index in [4.69, 9.17) is 11.6 Å². The van der Waals surface area contributed by atoms with E-state index in [1.165, 1.54) is 4.31 Å². The quantitative estimate of drug-likeness (QED) is 0.790. The number of benzene rings is 1. The molecule has 1 aliphatic carbocycles. The van der Waals surface area contributed by atoms with Gasteiger partial charge in [0.05, 0.1) is 4.90 Å². The molecule has 1 fully saturated rings. The van der Waals surface area contributed by atoms with Gasteiger partial charge in [0.2, 0.25) is 10.0 Å². The van der Waals surface area contributed by atoms with Gasteiger partial charge in [0.1, 0.15) is 0 Å². The van der Waals surface area contributed by atoms with Gasteiger partial charge in [0.15, 0.2) is 0 Å². The van der Waals surface area contributed by atoms with Crippen LogP contribution in [-0.4, -0.2) is 31.7 Å². The molecule has 0 heterocycles. The standard InChI is InChI=1S/C12H16ClNO2S/c1-14(9-10-7-11(13)8-10)17(15,16)12-5-3-2-4-6-12/h2-6,10-11H,7-9H2,1H3. The molecule has 3 nitrogen and oxygen atoms in total. The topological polar surface area (TPSA) is 37.4 Å². The molecule has 0 aromatic heterocycles. The lowest BCUT2D eigenvalue weighted by molar-refractivity contribution is 0.268. The molecule has 0 bridgehead atoms. The molecule has 17 heavy (non-hydrogen) atoms. The summed E-state index contributed by atoms with van der Waals surface area (Å²) < 4.78 is 25.8. The Bertz CT molecular complexity index is 469. The molecule has 1 aromatic carbocycles. The Kier molecular flexibility index (Phi) is 3.76. The Labute approximate surface area is 107 Å². The Morgan fingerprint density at radius 1 is 1.29 bits per heavy atom. The zero-order chi connectivity index (χ0) is 12.5. The first kappa shape index (κ1) is 12.9. The van der Waals surface area contributed by atoms with Crippen LogP contribution in [0.1, 0.15) is 12.8 Å². The third kappa shape index (κ3) is 2.81. The molecule has 0 N–H and O–H groups in total. The highest BCUT2D eigenvalue weighted by Crippen LogP contribution is 2.33. The lowest BCUT2D eigenvalue weighted by Crippen LogP contribution is -2.37. The smallest absolute Gasteiger partial charge is 0.207 e. The molecule has 0 atom stereocenters. The average Bonchev–Trinajstić information content (AvgIpc) is 2.28. The van der Waals surface area contributed by atoms with Crippen molar-refractivity contribution in [2.75, 3.05) is 13.6 Å². The van der Waals surface area contributed by atoms with Gasteiger partial charge in [-0.3, -0.25) is 0 Å². The molecule has 0 unspecified atom stereocenters. The SMILES string of the molecule is CN(CC1CC(Cl)C1)S(=O)(=O)c1ccccc1. The number of hydrogen-bond acceptors (Lipinski definition) is 2. The Hall–Kier alpha value is -0.580. The van der Waals surface area contributed by atoms with Crippen molar-refractivity contribution in [1.29, 1.82) is 0 Å². The van der Waals surface area contributed by atoms with Crippen molar-refractivity contribution in [3.8, 4) is 0 Å². The zero-order valence-electron chi connectivity index (χ0n) is 9.71. The minimum atomic E-state index is -3.34. The maximum absolute atomic E-state index is 12.2. The van der Waals surface area contributed by atoms with Crippen molar-refractivity contribution >= 4 is 21.6 Å². The molecule has 0 saturated heterocycles. The van der Waals surface area contributed by atoms with Gasteiger partial charge in [-0.05, 0) is 30.9 Å². The van der Waals surface area contributed by atoms with Crippen LogP contribution in [0.25, 0.3) is 0 Å². The third-order valence-electron chi connectivity index (χ3n) is 3.14. The molecule has 1 aliphatic rings. The molecule has 94 valence electrons. The highest BCUT2D eigenvalue weighted by atomic mass is 35.5. The fraction of sp³-hybridized carbons (Fsp3) is 0.500. The molecular formula is C12H16ClNO2S. The molecule has 0 radical (unpaired) electrons. The Morgan fingerprint density at radius 3 is 2.41 bits per heavy atom. The van der Waals surface area contributed by atoms with Crippen molar-refractivity contribution in [3.63, 3.8) is 0 Å². The van der Waals surface area contributed by atoms with E-state index in [2.05, 4.69) is 0 Å². The van der Waals surface area contributed by atoms with Crippen LogP contribution in [0.3, 0.4) is 0 Å². The summed E-state index contributed by atoms with van der Waals surface area (Å²) in [7, 11) is -1.71. The second kappa shape index (κ2) is 4.96. The lowest BCUT2D eigenvalue weighted by atomic mass is 9.85. The summed E-state index contributed by atoms with van der Waals surface area (Å²) in [5, 5.41) is 0.229. The van der Waals surface area contributed by atoms with Crippen LogP contribution < -0.4 is 0 Å². The van der Waals surface area contributed by atoms with E-state index < -0.39 is 10.0 Å². The lowest BCUT2D eigenvalue weighted by Gasteiger charge is -2.33. The van der Waals surface area contributed by atoms with Gasteiger partial charge in [-0.15, -0.1) is 11.6 Å². The van der Waals surface area contributed by atoms with Crippen LogP contribution in [0.5, 0.6) is 0 Å². The Morgan fingerprint density at radius 2 is 1.88 bits per heavy atom. The maximum atomic E-state index is 12.2. The number of halogens is 1. The van der Waals surface area contributed by atoms with E-state index in [0.29, 0.717) is 17.4 Å². The van der Waals surface area contributed by atoms with E-state index >= 15 is 0 Å². The summed E-state index contributed by atoms with van der Waals surface area (Å²) in [6, 6.07) is 8.52. The molecule has 5 heteroatoms. The number of sulfonamides is 1. The van der Waals surface area contributed by atoms with Crippen LogP contribution in [0.15, 0.2) is 35.2 Å². The van der Waals surface area contributed by atoms with Crippen molar-refractivity contribution in [2.45, 2.75) is 23.1 Å². The fourth-order valence-electron chi connectivity index (χ4n) is 2.04. The van der Waals surface area contributed by atoms with Gasteiger partial charge in [-0.25, -0.2) is 12.7 Å². The van der Waals surface area contributed by atoms with Crippen LogP contribution in [-0.2, 0) is 10.0 Å². The summed E-state index contributed by atoms with van der Waals surface area (Å²) in [6.07, 6.45) is 1.83. The van der Waals surface area contributed by atoms with E-state index in [1.807, 2.05) is 6.07 Å². The monoisotopic (exact) mass is 273 g/mol. The molecular weight excluding hydrogens is 258 g/mol. The van der Waals surface area contributed by atoms with Gasteiger partial charge in [0.25, 0.3) is 0 Å². The molecule has 0 spiro atoms. The van der Waals surface area contributed by atoms with E-state index in [9.17, 15) is 8.42 Å². The van der Waals surface area contributed by atoms with Gasteiger partial charge in [-0.2, -0.15) is 0 Å². The minimum absolute atomic E-state index is 0.229. The number of nitrogens with zero attached hydrogens (tertiary/aromatic N) is 1. The van der Waals surface area contributed by atoms with E-state index in [-0.39, 0.29) is 5.38 Å². The summed E-state index contributed by atoms with van der Waals surface area (Å²) >= 11 is 5.89. The second-order valence-corrected chi connectivity index (χ2v) is 7.20. The highest BCUT2D eigenvalue weighted by Gasteiger charge is 2.31. The first-order valence-electron chi connectivity index (χ1n) is 5.65. The summed E-state index contributed by atoms with van der Waals surface area (Å²) in [4.78, 5) is 0.351. The first-order valence-corrected chi connectivity index (χ1v) is 7.53. The second-order valence-electron chi connectivity index (χ2n) is 4.53. The molecule has 0 amide bonds. The Balaban J connectivity index is 2.05. The van der Waals surface area contributed by atoms with Crippen molar-refractivity contribution in [3.05, 3.63) is 30.3 Å². The number of hydrogen-bond donors (Lipinski definition) is 0.